The van der Waals surface area contributed by atoms with Crippen LogP contribution in [0, 0.1) is 5.82 Å². The Kier molecular flexibility index (Phi) is 6.57. The summed E-state index contributed by atoms with van der Waals surface area (Å²) >= 11 is 0. The number of nitrogens with two attached hydrogens (primary N) is 1. The molecule has 0 aromatic heterocycles. The second-order valence-electron chi connectivity index (χ2n) is 6.18. The van der Waals surface area contributed by atoms with Gasteiger partial charge in [-0.3, -0.25) is 9.59 Å². The number of benzene rings is 1. The van der Waals surface area contributed by atoms with E-state index in [2.05, 4.69) is 5.32 Å². The highest BCUT2D eigenvalue weighted by atomic mass is 19.4. The van der Waals surface area contributed by atoms with Crippen molar-refractivity contribution in [2.45, 2.75) is 37.9 Å². The molecule has 1 unspecified atom stereocenters. The van der Waals surface area contributed by atoms with Crippen molar-refractivity contribution in [3.05, 3.63) is 35.1 Å². The zero-order chi connectivity index (χ0) is 19.3. The number of rotatable bonds is 5. The Hall–Kier alpha value is -2.16. The number of piperidine rings is 1. The predicted molar refractivity (Wildman–Crippen MR) is 86.8 cm³/mol. The summed E-state index contributed by atoms with van der Waals surface area (Å²) in [5.41, 5.74) is 3.61. The molecule has 1 aliphatic heterocycles. The minimum absolute atomic E-state index is 0.142. The number of halogens is 4. The molecule has 0 radical (unpaired) electrons. The highest BCUT2D eigenvalue weighted by molar-refractivity contribution is 5.95. The fourth-order valence-corrected chi connectivity index (χ4v) is 2.95. The van der Waals surface area contributed by atoms with Crippen LogP contribution < -0.4 is 11.1 Å². The molecule has 9 heteroatoms. The summed E-state index contributed by atoms with van der Waals surface area (Å²) in [6.45, 7) is 0.645. The van der Waals surface area contributed by atoms with E-state index in [4.69, 9.17) is 5.73 Å². The topological polar surface area (TPSA) is 75.4 Å². The molecular weight excluding hydrogens is 354 g/mol. The quantitative estimate of drug-likeness (QED) is 0.776. The molecule has 1 atom stereocenters. The van der Waals surface area contributed by atoms with E-state index < -0.39 is 35.1 Å². The number of alkyl halides is 3. The fraction of sp³-hybridized carbons (Fsp3) is 0.529. The van der Waals surface area contributed by atoms with Gasteiger partial charge in [-0.2, -0.15) is 13.2 Å². The van der Waals surface area contributed by atoms with Crippen molar-refractivity contribution >= 4 is 11.8 Å². The number of carbonyl (C=O) groups is 2. The Bertz CT molecular complexity index is 664. The van der Waals surface area contributed by atoms with E-state index in [-0.39, 0.29) is 25.4 Å². The van der Waals surface area contributed by atoms with Crippen molar-refractivity contribution < 1.29 is 27.2 Å². The first-order chi connectivity index (χ1) is 12.2. The largest absolute Gasteiger partial charge is 0.416 e. The molecule has 3 N–H and O–H groups in total. The smallest absolute Gasteiger partial charge is 0.354 e. The highest BCUT2D eigenvalue weighted by Gasteiger charge is 2.34. The molecule has 5 nitrogen and oxygen atoms in total. The Morgan fingerprint density at radius 1 is 1.27 bits per heavy atom. The van der Waals surface area contributed by atoms with Gasteiger partial charge in [0.15, 0.2) is 0 Å². The van der Waals surface area contributed by atoms with Gasteiger partial charge in [0.2, 0.25) is 5.91 Å². The second kappa shape index (κ2) is 8.48. The third-order valence-electron chi connectivity index (χ3n) is 4.32. The van der Waals surface area contributed by atoms with Crippen molar-refractivity contribution in [2.75, 3.05) is 19.6 Å². The summed E-state index contributed by atoms with van der Waals surface area (Å²) in [6, 6.07) is 1.40. The van der Waals surface area contributed by atoms with E-state index in [0.29, 0.717) is 37.6 Å². The van der Waals surface area contributed by atoms with E-state index in [1.54, 1.807) is 0 Å². The maximum absolute atomic E-state index is 14.0. The third-order valence-corrected chi connectivity index (χ3v) is 4.32. The van der Waals surface area contributed by atoms with E-state index in [0.717, 1.165) is 6.42 Å². The lowest BCUT2D eigenvalue weighted by Gasteiger charge is -2.36. The number of hydrogen-bond donors (Lipinski definition) is 2. The van der Waals surface area contributed by atoms with E-state index in [9.17, 15) is 27.2 Å². The van der Waals surface area contributed by atoms with Crippen LogP contribution in [0.1, 0.15) is 41.6 Å². The van der Waals surface area contributed by atoms with Crippen molar-refractivity contribution in [3.63, 3.8) is 0 Å². The van der Waals surface area contributed by atoms with Crippen LogP contribution in [0.25, 0.3) is 0 Å². The van der Waals surface area contributed by atoms with Crippen LogP contribution in [-0.2, 0) is 11.0 Å². The van der Waals surface area contributed by atoms with Crippen molar-refractivity contribution in [1.29, 1.82) is 0 Å². The molecule has 0 spiro atoms. The maximum Gasteiger partial charge on any atom is 0.416 e. The Morgan fingerprint density at radius 2 is 2.00 bits per heavy atom. The summed E-state index contributed by atoms with van der Waals surface area (Å²) in [7, 11) is 0. The lowest BCUT2D eigenvalue weighted by Crippen LogP contribution is -2.49. The number of nitrogens with one attached hydrogen (secondary N) is 1. The van der Waals surface area contributed by atoms with Crippen molar-refractivity contribution in [1.82, 2.24) is 10.2 Å². The second-order valence-corrected chi connectivity index (χ2v) is 6.18. The van der Waals surface area contributed by atoms with Crippen LogP contribution in [0.4, 0.5) is 17.6 Å². The van der Waals surface area contributed by atoms with Crippen LogP contribution in [0.3, 0.4) is 0 Å². The third kappa shape index (κ3) is 4.94. The molecule has 26 heavy (non-hydrogen) atoms. The standard InChI is InChI=1S/C17H21F4N3O2/c18-14-5-4-11(17(19,20)21)9-13(14)16(26)24-8-2-1-3-12(24)10-23-15(25)6-7-22/h4-5,9,12H,1-3,6-8,10,22H2,(H,23,25). The van der Waals surface area contributed by atoms with Crippen LogP contribution >= 0.6 is 0 Å². The molecule has 1 aliphatic rings. The minimum Gasteiger partial charge on any atom is -0.354 e. The summed E-state index contributed by atoms with van der Waals surface area (Å²) in [5.74, 6) is -2.07. The average Bonchev–Trinajstić information content (AvgIpc) is 2.59. The van der Waals surface area contributed by atoms with Gasteiger partial charge in [-0.25, -0.2) is 4.39 Å². The fourth-order valence-electron chi connectivity index (χ4n) is 2.95. The molecule has 0 aliphatic carbocycles. The molecular formula is C17H21F4N3O2. The van der Waals surface area contributed by atoms with Crippen LogP contribution in [-0.4, -0.2) is 42.4 Å². The summed E-state index contributed by atoms with van der Waals surface area (Å²) in [5, 5.41) is 2.65. The van der Waals surface area contributed by atoms with Gasteiger partial charge in [0.05, 0.1) is 11.1 Å². The molecule has 1 aromatic rings. The molecule has 2 amide bonds. The predicted octanol–water partition coefficient (Wildman–Crippen LogP) is 2.30. The van der Waals surface area contributed by atoms with Crippen molar-refractivity contribution in [3.8, 4) is 0 Å². The number of hydrogen-bond acceptors (Lipinski definition) is 3. The normalized spacial score (nSPS) is 17.9. The zero-order valence-electron chi connectivity index (χ0n) is 14.1. The molecule has 2 rings (SSSR count). The molecule has 144 valence electrons. The van der Waals surface area contributed by atoms with Crippen molar-refractivity contribution in [2.24, 2.45) is 5.73 Å². The summed E-state index contributed by atoms with van der Waals surface area (Å²) in [4.78, 5) is 25.6. The summed E-state index contributed by atoms with van der Waals surface area (Å²) < 4.78 is 52.6. The molecule has 1 saturated heterocycles. The molecule has 1 heterocycles. The van der Waals surface area contributed by atoms with Gasteiger partial charge < -0.3 is 16.0 Å². The molecule has 0 saturated carbocycles. The number of carbonyl (C=O) groups excluding carboxylic acids is 2. The zero-order valence-corrected chi connectivity index (χ0v) is 14.1. The molecule has 1 aromatic carbocycles. The lowest BCUT2D eigenvalue weighted by atomic mass is 9.99. The SMILES string of the molecule is NCCC(=O)NCC1CCCCN1C(=O)c1cc(C(F)(F)F)ccc1F. The lowest BCUT2D eigenvalue weighted by molar-refractivity contribution is -0.137. The van der Waals surface area contributed by atoms with E-state index >= 15 is 0 Å². The van der Waals surface area contributed by atoms with Gasteiger partial charge >= 0.3 is 6.18 Å². The van der Waals surface area contributed by atoms with E-state index in [1.807, 2.05) is 0 Å². The van der Waals surface area contributed by atoms with Gasteiger partial charge in [-0.15, -0.1) is 0 Å². The van der Waals surface area contributed by atoms with Gasteiger partial charge in [0, 0.05) is 32.1 Å². The van der Waals surface area contributed by atoms with E-state index in [1.165, 1.54) is 4.90 Å². The van der Waals surface area contributed by atoms with Crippen LogP contribution in [0.15, 0.2) is 18.2 Å². The number of nitrogens with zero attached hydrogens (tertiary/aromatic N) is 1. The van der Waals surface area contributed by atoms with Crippen LogP contribution in [0.5, 0.6) is 0 Å². The van der Waals surface area contributed by atoms with Crippen LogP contribution in [0.2, 0.25) is 0 Å². The monoisotopic (exact) mass is 375 g/mol. The van der Waals surface area contributed by atoms with Gasteiger partial charge in [0.1, 0.15) is 5.82 Å². The van der Waals surface area contributed by atoms with Gasteiger partial charge in [-0.05, 0) is 37.5 Å². The minimum atomic E-state index is -4.67. The first-order valence-electron chi connectivity index (χ1n) is 8.38. The van der Waals surface area contributed by atoms with Gasteiger partial charge in [0.25, 0.3) is 5.91 Å². The summed E-state index contributed by atoms with van der Waals surface area (Å²) in [6.07, 6.45) is -2.47. The first-order valence-corrected chi connectivity index (χ1v) is 8.38. The Morgan fingerprint density at radius 3 is 2.65 bits per heavy atom. The Labute approximate surface area is 148 Å². The molecule has 1 fully saturated rings. The average molecular weight is 375 g/mol. The van der Waals surface area contributed by atoms with Gasteiger partial charge in [-0.1, -0.05) is 0 Å². The Balaban J connectivity index is 2.19. The molecule has 0 bridgehead atoms. The first kappa shape index (κ1) is 20.2. The maximum atomic E-state index is 14.0. The highest BCUT2D eigenvalue weighted by Crippen LogP contribution is 2.31. The number of likely N-dealkylation sites (tertiary alicyclic amines) is 1. The number of amides is 2.